The van der Waals surface area contributed by atoms with Crippen LogP contribution in [0.5, 0.6) is 0 Å². The molecular formula is C25H29N5O4S. The van der Waals surface area contributed by atoms with Crippen molar-refractivity contribution < 1.29 is 19.1 Å². The maximum Gasteiger partial charge on any atom is 0.338 e. The molecule has 9 nitrogen and oxygen atoms in total. The van der Waals surface area contributed by atoms with Crippen LogP contribution in [-0.2, 0) is 22.4 Å². The van der Waals surface area contributed by atoms with Gasteiger partial charge in [-0.25, -0.2) is 9.78 Å². The van der Waals surface area contributed by atoms with E-state index in [1.54, 1.807) is 31.2 Å². The Kier molecular flexibility index (Phi) is 6.59. The van der Waals surface area contributed by atoms with Gasteiger partial charge in [-0.2, -0.15) is 0 Å². The lowest BCUT2D eigenvalue weighted by molar-refractivity contribution is 0.0526. The van der Waals surface area contributed by atoms with Gasteiger partial charge in [0.2, 0.25) is 0 Å². The van der Waals surface area contributed by atoms with Crippen molar-refractivity contribution in [1.29, 1.82) is 0 Å². The average Bonchev–Trinajstić information content (AvgIpc) is 3.21. The summed E-state index contributed by atoms with van der Waals surface area (Å²) in [5.74, 6) is 0.297. The summed E-state index contributed by atoms with van der Waals surface area (Å²) in [4.78, 5) is 35.9. The summed E-state index contributed by atoms with van der Waals surface area (Å²) < 4.78 is 10.6. The van der Waals surface area contributed by atoms with Crippen molar-refractivity contribution in [2.75, 3.05) is 62.5 Å². The molecule has 0 radical (unpaired) electrons. The zero-order valence-electron chi connectivity index (χ0n) is 19.9. The number of nitrogens with one attached hydrogen (secondary N) is 1. The molecule has 0 saturated carbocycles. The van der Waals surface area contributed by atoms with Crippen LogP contribution in [0.4, 0.5) is 17.2 Å². The average molecular weight is 496 g/mol. The van der Waals surface area contributed by atoms with Gasteiger partial charge >= 0.3 is 5.97 Å². The molecule has 0 aliphatic carbocycles. The second kappa shape index (κ2) is 9.80. The van der Waals surface area contributed by atoms with E-state index < -0.39 is 5.97 Å². The number of esters is 1. The number of hydrogen-bond donors (Lipinski definition) is 2. The second-order valence-corrected chi connectivity index (χ2v) is 9.76. The molecule has 0 bridgehead atoms. The number of anilines is 3. The smallest absolute Gasteiger partial charge is 0.338 e. The molecule has 0 spiro atoms. The number of ether oxygens (including phenoxy) is 2. The van der Waals surface area contributed by atoms with Gasteiger partial charge in [0.15, 0.2) is 0 Å². The molecule has 0 unspecified atom stereocenters. The van der Waals surface area contributed by atoms with Crippen molar-refractivity contribution in [3.05, 3.63) is 45.8 Å². The van der Waals surface area contributed by atoms with Crippen molar-refractivity contribution in [1.82, 2.24) is 9.88 Å². The number of aromatic nitrogens is 1. The lowest BCUT2D eigenvalue weighted by atomic mass is 9.96. The molecule has 2 aliphatic heterocycles. The minimum atomic E-state index is -0.392. The summed E-state index contributed by atoms with van der Waals surface area (Å²) >= 11 is 1.32. The molecule has 1 amide bonds. The largest absolute Gasteiger partial charge is 0.462 e. The van der Waals surface area contributed by atoms with Crippen molar-refractivity contribution in [2.24, 2.45) is 0 Å². The Morgan fingerprint density at radius 1 is 1.17 bits per heavy atom. The first-order valence-corrected chi connectivity index (χ1v) is 12.6. The number of nitrogens with zero attached hydrogens (tertiary/aromatic N) is 3. The lowest BCUT2D eigenvalue weighted by Crippen LogP contribution is -2.39. The highest BCUT2D eigenvalue weighted by atomic mass is 32.1. The summed E-state index contributed by atoms with van der Waals surface area (Å²) in [7, 11) is 2.11. The lowest BCUT2D eigenvalue weighted by Gasteiger charge is -2.33. The normalized spacial score (nSPS) is 16.2. The second-order valence-electron chi connectivity index (χ2n) is 8.76. The third-order valence-electron chi connectivity index (χ3n) is 6.41. The Bertz CT molecular complexity index is 1270. The number of carbonyl (C=O) groups is 2. The van der Waals surface area contributed by atoms with E-state index in [0.29, 0.717) is 41.6 Å². The predicted molar refractivity (Wildman–Crippen MR) is 137 cm³/mol. The fraction of sp³-hybridized carbons (Fsp3) is 0.400. The van der Waals surface area contributed by atoms with Crippen LogP contribution in [0.3, 0.4) is 0 Å². The quantitative estimate of drug-likeness (QED) is 0.520. The fourth-order valence-electron chi connectivity index (χ4n) is 4.64. The number of hydrogen-bond acceptors (Lipinski definition) is 9. The third-order valence-corrected chi connectivity index (χ3v) is 7.51. The number of thiophene rings is 1. The fourth-order valence-corrected chi connectivity index (χ4v) is 5.66. The summed E-state index contributed by atoms with van der Waals surface area (Å²) in [6.45, 7) is 6.75. The molecule has 1 fully saturated rings. The summed E-state index contributed by atoms with van der Waals surface area (Å²) in [5, 5.41) is 3.80. The minimum Gasteiger partial charge on any atom is -0.462 e. The van der Waals surface area contributed by atoms with E-state index in [0.717, 1.165) is 48.6 Å². The van der Waals surface area contributed by atoms with Gasteiger partial charge in [-0.15, -0.1) is 11.3 Å². The number of likely N-dealkylation sites (N-methyl/N-ethyl adjacent to an activating group) is 1. The van der Waals surface area contributed by atoms with Crippen LogP contribution in [-0.4, -0.2) is 68.3 Å². The molecule has 4 heterocycles. The van der Waals surface area contributed by atoms with Gasteiger partial charge < -0.3 is 30.3 Å². The molecule has 0 atom stereocenters. The van der Waals surface area contributed by atoms with Gasteiger partial charge in [-0.05, 0) is 50.2 Å². The van der Waals surface area contributed by atoms with E-state index >= 15 is 0 Å². The van der Waals surface area contributed by atoms with Crippen LogP contribution in [0, 0.1) is 0 Å². The summed E-state index contributed by atoms with van der Waals surface area (Å²) in [5.41, 5.74) is 10.5. The number of rotatable bonds is 5. The van der Waals surface area contributed by atoms with Crippen molar-refractivity contribution in [3.63, 3.8) is 0 Å². The molecule has 2 aliphatic rings. The van der Waals surface area contributed by atoms with Crippen LogP contribution in [0.25, 0.3) is 10.2 Å². The van der Waals surface area contributed by atoms with E-state index in [1.165, 1.54) is 22.5 Å². The van der Waals surface area contributed by atoms with Crippen LogP contribution >= 0.6 is 11.3 Å². The number of nitrogen functional groups attached to an aromatic ring is 1. The van der Waals surface area contributed by atoms with Crippen LogP contribution < -0.4 is 16.0 Å². The monoisotopic (exact) mass is 495 g/mol. The molecule has 35 heavy (non-hydrogen) atoms. The SMILES string of the molecule is CCOC(=O)c1ccc(NC(=O)c2sc3nc(N4CCOCC4)c4c(c3c2N)CCN(C)C4)cc1. The predicted octanol–water partition coefficient (Wildman–Crippen LogP) is 3.13. The van der Waals surface area contributed by atoms with E-state index in [-0.39, 0.29) is 5.91 Å². The number of amides is 1. The Morgan fingerprint density at radius 3 is 2.63 bits per heavy atom. The van der Waals surface area contributed by atoms with Gasteiger partial charge in [-0.3, -0.25) is 4.79 Å². The third kappa shape index (κ3) is 4.56. The molecule has 3 aromatic rings. The van der Waals surface area contributed by atoms with Crippen LogP contribution in [0.15, 0.2) is 24.3 Å². The Labute approximate surface area is 207 Å². The summed E-state index contributed by atoms with van der Waals surface area (Å²) in [6, 6.07) is 6.62. The highest BCUT2D eigenvalue weighted by Crippen LogP contribution is 2.41. The molecule has 184 valence electrons. The first-order chi connectivity index (χ1) is 17.0. The van der Waals surface area contributed by atoms with E-state index in [1.807, 2.05) is 0 Å². The topological polar surface area (TPSA) is 110 Å². The number of benzene rings is 1. The maximum absolute atomic E-state index is 13.2. The zero-order valence-corrected chi connectivity index (χ0v) is 20.7. The van der Waals surface area contributed by atoms with Gasteiger partial charge in [0.1, 0.15) is 15.5 Å². The van der Waals surface area contributed by atoms with Gasteiger partial charge in [-0.1, -0.05) is 0 Å². The first-order valence-electron chi connectivity index (χ1n) is 11.8. The van der Waals surface area contributed by atoms with Gasteiger partial charge in [0.05, 0.1) is 31.1 Å². The zero-order chi connectivity index (χ0) is 24.5. The van der Waals surface area contributed by atoms with E-state index in [2.05, 4.69) is 22.2 Å². The van der Waals surface area contributed by atoms with E-state index in [4.69, 9.17) is 20.2 Å². The molecule has 10 heteroatoms. The minimum absolute atomic E-state index is 0.288. The first kappa shape index (κ1) is 23.5. The number of morpholine rings is 1. The van der Waals surface area contributed by atoms with Crippen LogP contribution in [0.1, 0.15) is 38.1 Å². The van der Waals surface area contributed by atoms with Crippen LogP contribution in [0.2, 0.25) is 0 Å². The highest BCUT2D eigenvalue weighted by molar-refractivity contribution is 7.21. The number of nitrogens with two attached hydrogens (primary N) is 1. The molecular weight excluding hydrogens is 466 g/mol. The van der Waals surface area contributed by atoms with Gasteiger partial charge in [0.25, 0.3) is 5.91 Å². The van der Waals surface area contributed by atoms with Gasteiger partial charge in [0, 0.05) is 42.8 Å². The standard InChI is InChI=1S/C25H29N5O4S/c1-3-34-25(32)15-4-6-16(7-5-15)27-23(31)21-20(26)19-17-8-9-29(2)14-18(17)22(28-24(19)35-21)30-10-12-33-13-11-30/h4-7H,3,8-14,26H2,1-2H3,(H,27,31). The van der Waals surface area contributed by atoms with Crippen molar-refractivity contribution >= 4 is 50.6 Å². The Morgan fingerprint density at radius 2 is 1.91 bits per heavy atom. The van der Waals surface area contributed by atoms with Crippen molar-refractivity contribution in [3.8, 4) is 0 Å². The molecule has 3 N–H and O–H groups in total. The Hall–Kier alpha value is -3.21. The molecule has 5 rings (SSSR count). The Balaban J connectivity index is 1.48. The maximum atomic E-state index is 13.2. The number of carbonyl (C=O) groups excluding carboxylic acids is 2. The molecule has 2 aromatic heterocycles. The number of pyridine rings is 1. The summed E-state index contributed by atoms with van der Waals surface area (Å²) in [6.07, 6.45) is 0.861. The van der Waals surface area contributed by atoms with E-state index in [9.17, 15) is 9.59 Å². The highest BCUT2D eigenvalue weighted by Gasteiger charge is 2.29. The van der Waals surface area contributed by atoms with Crippen molar-refractivity contribution in [2.45, 2.75) is 19.9 Å². The number of fused-ring (bicyclic) bond motifs is 3. The molecule has 1 saturated heterocycles. The molecule has 1 aromatic carbocycles.